The number of hydrazine groups is 1. The summed E-state index contributed by atoms with van der Waals surface area (Å²) in [6, 6.07) is 7.64. The summed E-state index contributed by atoms with van der Waals surface area (Å²) in [5, 5.41) is 0. The first-order chi connectivity index (χ1) is 9.78. The molecule has 20 heavy (non-hydrogen) atoms. The first-order valence-corrected chi connectivity index (χ1v) is 7.03. The monoisotopic (exact) mass is 335 g/mol. The highest BCUT2D eigenvalue weighted by molar-refractivity contribution is 9.10. The highest BCUT2D eigenvalue weighted by Gasteiger charge is 2.18. The quantitative estimate of drug-likeness (QED) is 0.664. The maximum Gasteiger partial charge on any atom is 0.161 e. The van der Waals surface area contributed by atoms with Crippen molar-refractivity contribution in [3.8, 4) is 11.5 Å². The van der Waals surface area contributed by atoms with Crippen LogP contribution in [0.3, 0.4) is 0 Å². The summed E-state index contributed by atoms with van der Waals surface area (Å²) in [5.74, 6) is 7.21. The molecule has 0 bridgehead atoms. The molecule has 1 aromatic heterocycles. The summed E-state index contributed by atoms with van der Waals surface area (Å²) in [7, 11) is 0. The maximum absolute atomic E-state index is 5.70. The molecule has 0 radical (unpaired) electrons. The zero-order valence-corrected chi connectivity index (χ0v) is 12.3. The van der Waals surface area contributed by atoms with E-state index < -0.39 is 0 Å². The van der Waals surface area contributed by atoms with E-state index in [9.17, 15) is 0 Å². The number of rotatable bonds is 3. The molecular formula is C14H14BrN3O2. The van der Waals surface area contributed by atoms with Gasteiger partial charge >= 0.3 is 0 Å². The fourth-order valence-corrected chi connectivity index (χ4v) is 2.59. The van der Waals surface area contributed by atoms with E-state index in [2.05, 4.69) is 26.3 Å². The standard InChI is InChI=1S/C14H14BrN3O2/c15-11-5-10(7-17-8-11)14(18-16)9-1-2-12-13(6-9)20-4-3-19-12/h1-2,5-8,14,18H,3-4,16H2. The Bertz CT molecular complexity index is 621. The average molecular weight is 336 g/mol. The smallest absolute Gasteiger partial charge is 0.161 e. The van der Waals surface area contributed by atoms with E-state index in [-0.39, 0.29) is 6.04 Å². The van der Waals surface area contributed by atoms with Crippen LogP contribution in [0.15, 0.2) is 41.1 Å². The van der Waals surface area contributed by atoms with Gasteiger partial charge < -0.3 is 9.47 Å². The lowest BCUT2D eigenvalue weighted by Crippen LogP contribution is -2.29. The molecule has 6 heteroatoms. The molecule has 1 aliphatic rings. The van der Waals surface area contributed by atoms with Gasteiger partial charge in [0.05, 0.1) is 6.04 Å². The van der Waals surface area contributed by atoms with Gasteiger partial charge in [0.25, 0.3) is 0 Å². The third-order valence-electron chi connectivity index (χ3n) is 3.13. The van der Waals surface area contributed by atoms with Gasteiger partial charge in [0.2, 0.25) is 0 Å². The Morgan fingerprint density at radius 2 is 1.90 bits per heavy atom. The van der Waals surface area contributed by atoms with Gasteiger partial charge in [-0.1, -0.05) is 6.07 Å². The van der Waals surface area contributed by atoms with Gasteiger partial charge in [-0.15, -0.1) is 0 Å². The van der Waals surface area contributed by atoms with E-state index in [0.29, 0.717) is 13.2 Å². The number of aromatic nitrogens is 1. The highest BCUT2D eigenvalue weighted by Crippen LogP contribution is 2.34. The number of nitrogens with one attached hydrogen (secondary N) is 1. The van der Waals surface area contributed by atoms with Crippen molar-refractivity contribution in [2.45, 2.75) is 6.04 Å². The third kappa shape index (κ3) is 2.63. The van der Waals surface area contributed by atoms with E-state index in [1.54, 1.807) is 12.4 Å². The summed E-state index contributed by atoms with van der Waals surface area (Å²) in [6.07, 6.45) is 3.52. The number of hydrogen-bond acceptors (Lipinski definition) is 5. The van der Waals surface area contributed by atoms with Gasteiger partial charge in [0.15, 0.2) is 11.5 Å². The summed E-state index contributed by atoms with van der Waals surface area (Å²) in [5.41, 5.74) is 4.78. The number of nitrogens with zero attached hydrogens (tertiary/aromatic N) is 1. The molecule has 5 nitrogen and oxygen atoms in total. The van der Waals surface area contributed by atoms with Crippen LogP contribution in [0.2, 0.25) is 0 Å². The summed E-state index contributed by atoms with van der Waals surface area (Å²) >= 11 is 3.42. The van der Waals surface area contributed by atoms with Crippen molar-refractivity contribution >= 4 is 15.9 Å². The Morgan fingerprint density at radius 1 is 1.10 bits per heavy atom. The van der Waals surface area contributed by atoms with Crippen molar-refractivity contribution in [3.05, 3.63) is 52.3 Å². The minimum atomic E-state index is -0.157. The molecule has 0 aliphatic carbocycles. The van der Waals surface area contributed by atoms with Crippen molar-refractivity contribution in [2.75, 3.05) is 13.2 Å². The van der Waals surface area contributed by atoms with Gasteiger partial charge in [0, 0.05) is 16.9 Å². The van der Waals surface area contributed by atoms with Crippen LogP contribution in [-0.4, -0.2) is 18.2 Å². The lowest BCUT2D eigenvalue weighted by atomic mass is 10.0. The van der Waals surface area contributed by atoms with Crippen LogP contribution in [0.4, 0.5) is 0 Å². The first-order valence-electron chi connectivity index (χ1n) is 6.24. The molecule has 0 saturated carbocycles. The van der Waals surface area contributed by atoms with Gasteiger partial charge in [-0.05, 0) is 45.3 Å². The lowest BCUT2D eigenvalue weighted by molar-refractivity contribution is 0.171. The summed E-state index contributed by atoms with van der Waals surface area (Å²) in [4.78, 5) is 4.17. The van der Waals surface area contributed by atoms with Crippen LogP contribution < -0.4 is 20.7 Å². The molecule has 104 valence electrons. The molecule has 0 spiro atoms. The Balaban J connectivity index is 1.97. The topological polar surface area (TPSA) is 69.4 Å². The molecule has 0 saturated heterocycles. The Morgan fingerprint density at radius 3 is 2.65 bits per heavy atom. The number of fused-ring (bicyclic) bond motifs is 1. The Labute approximate surface area is 125 Å². The highest BCUT2D eigenvalue weighted by atomic mass is 79.9. The molecule has 3 rings (SSSR count). The van der Waals surface area contributed by atoms with E-state index in [1.165, 1.54) is 0 Å². The molecule has 2 aromatic rings. The van der Waals surface area contributed by atoms with Gasteiger partial charge in [-0.3, -0.25) is 10.8 Å². The molecule has 3 N–H and O–H groups in total. The van der Waals surface area contributed by atoms with E-state index in [1.807, 2.05) is 24.3 Å². The fraction of sp³-hybridized carbons (Fsp3) is 0.214. The number of pyridine rings is 1. The van der Waals surface area contributed by atoms with Crippen molar-refractivity contribution in [2.24, 2.45) is 5.84 Å². The van der Waals surface area contributed by atoms with Crippen LogP contribution in [0, 0.1) is 0 Å². The second-order valence-corrected chi connectivity index (χ2v) is 5.35. The zero-order valence-electron chi connectivity index (χ0n) is 10.7. The molecule has 0 amide bonds. The second kappa shape index (κ2) is 5.78. The maximum atomic E-state index is 5.70. The van der Waals surface area contributed by atoms with Crippen molar-refractivity contribution in [3.63, 3.8) is 0 Å². The first kappa shape index (κ1) is 13.4. The Kier molecular flexibility index (Phi) is 3.86. The molecule has 0 fully saturated rings. The van der Waals surface area contributed by atoms with Crippen molar-refractivity contribution in [1.29, 1.82) is 0 Å². The van der Waals surface area contributed by atoms with Crippen molar-refractivity contribution in [1.82, 2.24) is 10.4 Å². The normalized spacial score (nSPS) is 14.9. The molecule has 2 heterocycles. The van der Waals surface area contributed by atoms with E-state index in [0.717, 1.165) is 27.1 Å². The molecular weight excluding hydrogens is 322 g/mol. The summed E-state index contributed by atoms with van der Waals surface area (Å²) in [6.45, 7) is 1.15. The number of benzene rings is 1. The number of hydrogen-bond donors (Lipinski definition) is 2. The van der Waals surface area contributed by atoms with E-state index in [4.69, 9.17) is 15.3 Å². The van der Waals surface area contributed by atoms with Gasteiger partial charge in [0.1, 0.15) is 13.2 Å². The molecule has 1 atom stereocenters. The van der Waals surface area contributed by atoms with Gasteiger partial charge in [-0.25, -0.2) is 5.43 Å². The van der Waals surface area contributed by atoms with Crippen LogP contribution in [0.1, 0.15) is 17.2 Å². The average Bonchev–Trinajstić information content (AvgIpc) is 2.48. The lowest BCUT2D eigenvalue weighted by Gasteiger charge is -2.22. The fourth-order valence-electron chi connectivity index (χ4n) is 2.21. The molecule has 1 unspecified atom stereocenters. The number of halogens is 1. The van der Waals surface area contributed by atoms with Crippen LogP contribution >= 0.6 is 15.9 Å². The minimum Gasteiger partial charge on any atom is -0.486 e. The van der Waals surface area contributed by atoms with Crippen LogP contribution in [-0.2, 0) is 0 Å². The zero-order chi connectivity index (χ0) is 13.9. The third-order valence-corrected chi connectivity index (χ3v) is 3.56. The summed E-state index contributed by atoms with van der Waals surface area (Å²) < 4.78 is 12.0. The minimum absolute atomic E-state index is 0.157. The number of nitrogens with two attached hydrogens (primary N) is 1. The SMILES string of the molecule is NNC(c1cncc(Br)c1)c1ccc2c(c1)OCCO2. The predicted molar refractivity (Wildman–Crippen MR) is 78.5 cm³/mol. The second-order valence-electron chi connectivity index (χ2n) is 4.44. The van der Waals surface area contributed by atoms with E-state index >= 15 is 0 Å². The largest absolute Gasteiger partial charge is 0.486 e. The number of ether oxygens (including phenoxy) is 2. The van der Waals surface area contributed by atoms with Crippen molar-refractivity contribution < 1.29 is 9.47 Å². The predicted octanol–water partition coefficient (Wildman–Crippen LogP) is 2.17. The molecule has 1 aliphatic heterocycles. The Hall–Kier alpha value is -1.63. The van der Waals surface area contributed by atoms with Gasteiger partial charge in [-0.2, -0.15) is 0 Å². The van der Waals surface area contributed by atoms with Crippen LogP contribution in [0.5, 0.6) is 11.5 Å². The van der Waals surface area contributed by atoms with Crippen LogP contribution in [0.25, 0.3) is 0 Å². The molecule has 1 aromatic carbocycles.